The van der Waals surface area contributed by atoms with Crippen LogP contribution in [0.15, 0.2) is 35.1 Å². The molecule has 0 spiro atoms. The van der Waals surface area contributed by atoms with E-state index in [0.29, 0.717) is 16.4 Å². The van der Waals surface area contributed by atoms with E-state index >= 15 is 0 Å². The summed E-state index contributed by atoms with van der Waals surface area (Å²) in [5.74, 6) is -0.927. The number of hydrogen-bond donors (Lipinski definition) is 0. The van der Waals surface area contributed by atoms with Crippen molar-refractivity contribution in [2.24, 2.45) is 0 Å². The molecule has 0 amide bonds. The Morgan fingerprint density at radius 1 is 1.43 bits per heavy atom. The first-order chi connectivity index (χ1) is 10.0. The van der Waals surface area contributed by atoms with Gasteiger partial charge in [-0.15, -0.1) is 0 Å². The highest BCUT2D eigenvalue weighted by Crippen LogP contribution is 2.13. The zero-order valence-corrected chi connectivity index (χ0v) is 11.8. The highest BCUT2D eigenvalue weighted by atomic mass is 35.5. The van der Waals surface area contributed by atoms with Crippen LogP contribution in [-0.2, 0) is 4.74 Å². The van der Waals surface area contributed by atoms with Gasteiger partial charge in [0, 0.05) is 16.8 Å². The summed E-state index contributed by atoms with van der Waals surface area (Å²) in [5.41, 5.74) is 0.275. The number of benzene rings is 1. The predicted octanol–water partition coefficient (Wildman–Crippen LogP) is 1.87. The fourth-order valence-electron chi connectivity index (χ4n) is 1.70. The molecule has 6 nitrogen and oxygen atoms in total. The van der Waals surface area contributed by atoms with E-state index in [1.54, 1.807) is 37.3 Å². The number of nitriles is 1. The second-order valence-corrected chi connectivity index (χ2v) is 4.56. The smallest absolute Gasteiger partial charge is 0.363 e. The van der Waals surface area contributed by atoms with Crippen LogP contribution in [0.5, 0.6) is 0 Å². The van der Waals surface area contributed by atoms with Gasteiger partial charge in [0.15, 0.2) is 6.61 Å². The first-order valence-corrected chi connectivity index (χ1v) is 6.31. The Morgan fingerprint density at radius 3 is 2.71 bits per heavy atom. The maximum absolute atomic E-state index is 11.8. The molecule has 1 heterocycles. The first kappa shape index (κ1) is 14.8. The Bertz CT molecular complexity index is 776. The standard InChI is InChI=1S/C14H10ClN3O3/c1-9-8-12(19)13(14(20)21-7-6-16)17-18(9)11-4-2-10(15)3-5-11/h2-5,8H,7H2,1H3. The molecule has 0 aliphatic carbocycles. The van der Waals surface area contributed by atoms with Crippen molar-refractivity contribution in [3.05, 3.63) is 57.0 Å². The predicted molar refractivity (Wildman–Crippen MR) is 75.5 cm³/mol. The Labute approximate surface area is 125 Å². The quantitative estimate of drug-likeness (QED) is 0.808. The number of aryl methyl sites for hydroxylation is 1. The van der Waals surface area contributed by atoms with Crippen molar-refractivity contribution in [1.29, 1.82) is 5.26 Å². The minimum Gasteiger partial charge on any atom is -0.445 e. The van der Waals surface area contributed by atoms with Gasteiger partial charge in [0.1, 0.15) is 6.07 Å². The summed E-state index contributed by atoms with van der Waals surface area (Å²) in [6.45, 7) is 1.25. The summed E-state index contributed by atoms with van der Waals surface area (Å²) < 4.78 is 6.04. The van der Waals surface area contributed by atoms with Crippen molar-refractivity contribution in [3.8, 4) is 11.8 Å². The van der Waals surface area contributed by atoms with Gasteiger partial charge in [-0.05, 0) is 31.2 Å². The van der Waals surface area contributed by atoms with Crippen LogP contribution in [-0.4, -0.2) is 22.4 Å². The molecular weight excluding hydrogens is 294 g/mol. The molecular formula is C14H10ClN3O3. The Morgan fingerprint density at radius 2 is 2.10 bits per heavy atom. The molecule has 0 saturated heterocycles. The molecule has 0 aliphatic heterocycles. The fraction of sp³-hybridized carbons (Fsp3) is 0.143. The molecule has 21 heavy (non-hydrogen) atoms. The summed E-state index contributed by atoms with van der Waals surface area (Å²) in [6, 6.07) is 9.69. The van der Waals surface area contributed by atoms with Gasteiger partial charge in [-0.3, -0.25) is 4.79 Å². The van der Waals surface area contributed by atoms with E-state index in [0.717, 1.165) is 0 Å². The molecule has 1 aromatic heterocycles. The summed E-state index contributed by atoms with van der Waals surface area (Å²) in [7, 11) is 0. The largest absolute Gasteiger partial charge is 0.445 e. The number of ether oxygens (including phenoxy) is 1. The SMILES string of the molecule is Cc1cc(=O)c(C(=O)OCC#N)nn1-c1ccc(Cl)cc1. The lowest BCUT2D eigenvalue weighted by Gasteiger charge is -2.10. The molecule has 0 atom stereocenters. The van der Waals surface area contributed by atoms with Crippen LogP contribution in [0, 0.1) is 18.3 Å². The third-order valence-electron chi connectivity index (χ3n) is 2.64. The second-order valence-electron chi connectivity index (χ2n) is 4.12. The number of aromatic nitrogens is 2. The zero-order valence-electron chi connectivity index (χ0n) is 11.0. The van der Waals surface area contributed by atoms with Gasteiger partial charge in [-0.1, -0.05) is 11.6 Å². The normalized spacial score (nSPS) is 9.95. The molecule has 2 rings (SSSR count). The number of nitrogens with zero attached hydrogens (tertiary/aromatic N) is 3. The van der Waals surface area contributed by atoms with E-state index in [1.807, 2.05) is 0 Å². The molecule has 0 N–H and O–H groups in total. The average Bonchev–Trinajstić information content (AvgIpc) is 2.46. The molecule has 0 aliphatic rings. The number of esters is 1. The van der Waals surface area contributed by atoms with Gasteiger partial charge in [0.2, 0.25) is 11.1 Å². The molecule has 0 unspecified atom stereocenters. The van der Waals surface area contributed by atoms with Gasteiger partial charge < -0.3 is 4.74 Å². The molecule has 0 bridgehead atoms. The van der Waals surface area contributed by atoms with Crippen LogP contribution in [0.4, 0.5) is 0 Å². The number of hydrogen-bond acceptors (Lipinski definition) is 5. The number of halogens is 1. The molecule has 0 radical (unpaired) electrons. The number of carbonyl (C=O) groups is 1. The summed E-state index contributed by atoms with van der Waals surface area (Å²) in [6.07, 6.45) is 0. The zero-order chi connectivity index (χ0) is 15.4. The minimum absolute atomic E-state index is 0.370. The lowest BCUT2D eigenvalue weighted by atomic mass is 10.3. The highest BCUT2D eigenvalue weighted by molar-refractivity contribution is 6.30. The molecule has 0 saturated carbocycles. The van der Waals surface area contributed by atoms with Crippen LogP contribution in [0.3, 0.4) is 0 Å². The van der Waals surface area contributed by atoms with Crippen LogP contribution in [0.1, 0.15) is 16.2 Å². The second kappa shape index (κ2) is 6.20. The average molecular weight is 304 g/mol. The van der Waals surface area contributed by atoms with Crippen LogP contribution in [0.2, 0.25) is 5.02 Å². The molecule has 0 fully saturated rings. The Hall–Kier alpha value is -2.65. The molecule has 7 heteroatoms. The number of rotatable bonds is 3. The topological polar surface area (TPSA) is 85.0 Å². The van der Waals surface area contributed by atoms with Crippen molar-refractivity contribution in [2.45, 2.75) is 6.92 Å². The Balaban J connectivity index is 2.48. The van der Waals surface area contributed by atoms with Gasteiger partial charge in [0.25, 0.3) is 0 Å². The third kappa shape index (κ3) is 3.27. The van der Waals surface area contributed by atoms with Crippen LogP contribution < -0.4 is 5.43 Å². The van der Waals surface area contributed by atoms with E-state index in [2.05, 4.69) is 9.84 Å². The van der Waals surface area contributed by atoms with Gasteiger partial charge in [0.05, 0.1) is 5.69 Å². The summed E-state index contributed by atoms with van der Waals surface area (Å²) in [4.78, 5) is 23.5. The first-order valence-electron chi connectivity index (χ1n) is 5.94. The molecule has 1 aromatic carbocycles. The van der Waals surface area contributed by atoms with E-state index < -0.39 is 18.0 Å². The highest BCUT2D eigenvalue weighted by Gasteiger charge is 2.16. The fourth-order valence-corrected chi connectivity index (χ4v) is 1.82. The maximum Gasteiger partial charge on any atom is 0.363 e. The maximum atomic E-state index is 11.8. The van der Waals surface area contributed by atoms with Crippen molar-refractivity contribution in [2.75, 3.05) is 6.61 Å². The third-order valence-corrected chi connectivity index (χ3v) is 2.89. The van der Waals surface area contributed by atoms with Crippen molar-refractivity contribution in [3.63, 3.8) is 0 Å². The van der Waals surface area contributed by atoms with Gasteiger partial charge >= 0.3 is 5.97 Å². The van der Waals surface area contributed by atoms with Crippen LogP contribution >= 0.6 is 11.6 Å². The molecule has 106 valence electrons. The van der Waals surface area contributed by atoms with Crippen molar-refractivity contribution in [1.82, 2.24) is 9.78 Å². The number of carbonyl (C=O) groups excluding carboxylic acids is 1. The van der Waals surface area contributed by atoms with Crippen molar-refractivity contribution >= 4 is 17.6 Å². The Kier molecular flexibility index (Phi) is 4.36. The van der Waals surface area contributed by atoms with Crippen LogP contribution in [0.25, 0.3) is 5.69 Å². The lowest BCUT2D eigenvalue weighted by Crippen LogP contribution is -2.24. The van der Waals surface area contributed by atoms with E-state index in [-0.39, 0.29) is 5.69 Å². The minimum atomic E-state index is -0.927. The summed E-state index contributed by atoms with van der Waals surface area (Å²) >= 11 is 5.82. The van der Waals surface area contributed by atoms with E-state index in [9.17, 15) is 9.59 Å². The summed E-state index contributed by atoms with van der Waals surface area (Å²) in [5, 5.41) is 13.0. The monoisotopic (exact) mass is 303 g/mol. The van der Waals surface area contributed by atoms with Crippen molar-refractivity contribution < 1.29 is 9.53 Å². The van der Waals surface area contributed by atoms with E-state index in [4.69, 9.17) is 16.9 Å². The van der Waals surface area contributed by atoms with Gasteiger partial charge in [-0.25, -0.2) is 9.48 Å². The van der Waals surface area contributed by atoms with Gasteiger partial charge in [-0.2, -0.15) is 10.4 Å². The van der Waals surface area contributed by atoms with E-state index in [1.165, 1.54) is 10.7 Å². The molecule has 2 aromatic rings. The lowest BCUT2D eigenvalue weighted by molar-refractivity contribution is 0.0544.